The lowest BCUT2D eigenvalue weighted by Crippen LogP contribution is -2.58. The van der Waals surface area contributed by atoms with E-state index in [2.05, 4.69) is 6.92 Å². The van der Waals surface area contributed by atoms with Crippen LogP contribution in [0, 0.1) is 29.1 Å². The average molecular weight is 381 g/mol. The Labute approximate surface area is 165 Å². The van der Waals surface area contributed by atoms with Gasteiger partial charge in [-0.2, -0.15) is 0 Å². The van der Waals surface area contributed by atoms with Crippen molar-refractivity contribution in [1.82, 2.24) is 0 Å². The minimum absolute atomic E-state index is 0.111. The van der Waals surface area contributed by atoms with Crippen LogP contribution in [0.4, 0.5) is 0 Å². The van der Waals surface area contributed by atoms with Crippen LogP contribution in [0.1, 0.15) is 92.9 Å². The van der Waals surface area contributed by atoms with Gasteiger partial charge in [0.25, 0.3) is 0 Å². The Hall–Kier alpha value is -1.06. The lowest BCUT2D eigenvalue weighted by molar-refractivity contribution is -0.205. The van der Waals surface area contributed by atoms with Crippen molar-refractivity contribution in [3.8, 4) is 0 Å². The second-order valence-electron chi connectivity index (χ2n) is 9.41. The fraction of sp³-hybridized carbons (Fsp3) is 0.913. The molecule has 0 aliphatic heterocycles. The molecular weight excluding hydrogens is 340 g/mol. The van der Waals surface area contributed by atoms with Crippen molar-refractivity contribution in [2.45, 2.75) is 98.5 Å². The summed E-state index contributed by atoms with van der Waals surface area (Å²) in [6.45, 7) is 12.3. The zero-order valence-corrected chi connectivity index (χ0v) is 18.3. The van der Waals surface area contributed by atoms with Crippen LogP contribution in [0.15, 0.2) is 0 Å². The molecule has 4 fully saturated rings. The first-order chi connectivity index (χ1) is 12.8. The van der Waals surface area contributed by atoms with Crippen molar-refractivity contribution in [3.05, 3.63) is 0 Å². The van der Waals surface area contributed by atoms with E-state index in [4.69, 9.17) is 9.47 Å². The Balaban J connectivity index is 0.00000126. The van der Waals surface area contributed by atoms with Gasteiger partial charge in [-0.15, -0.1) is 0 Å². The molecule has 0 aromatic carbocycles. The smallest absolute Gasteiger partial charge is 0.311 e. The molecule has 4 saturated carbocycles. The standard InChI is InChI=1S/C21H34O4.C2H6/c1-5-20(3,4)19(23)24-8-6-7-18(22)25-21-12-15-9-16(13-21)11-17(10-15)14(21)2;1-2/h14-17H,5-13H2,1-4H3;1-2H3. The van der Waals surface area contributed by atoms with E-state index in [1.807, 2.05) is 34.6 Å². The van der Waals surface area contributed by atoms with Crippen molar-refractivity contribution in [2.24, 2.45) is 29.1 Å². The first kappa shape index (κ1) is 22.2. The minimum Gasteiger partial charge on any atom is -0.465 e. The highest BCUT2D eigenvalue weighted by atomic mass is 16.6. The van der Waals surface area contributed by atoms with E-state index in [0.29, 0.717) is 25.4 Å². The van der Waals surface area contributed by atoms with Gasteiger partial charge in [0.2, 0.25) is 0 Å². The molecule has 0 N–H and O–H groups in total. The van der Waals surface area contributed by atoms with E-state index >= 15 is 0 Å². The Bertz CT molecular complexity index is 510. The fourth-order valence-corrected chi connectivity index (χ4v) is 5.40. The summed E-state index contributed by atoms with van der Waals surface area (Å²) in [5.74, 6) is 2.47. The first-order valence-electron chi connectivity index (χ1n) is 11.1. The third-order valence-electron chi connectivity index (χ3n) is 7.26. The van der Waals surface area contributed by atoms with Crippen LogP contribution in [-0.4, -0.2) is 24.1 Å². The van der Waals surface area contributed by atoms with Gasteiger partial charge in [0.15, 0.2) is 0 Å². The van der Waals surface area contributed by atoms with Crippen molar-refractivity contribution in [3.63, 3.8) is 0 Å². The third kappa shape index (κ3) is 4.86. The van der Waals surface area contributed by atoms with E-state index in [-0.39, 0.29) is 17.5 Å². The maximum absolute atomic E-state index is 12.4. The number of esters is 2. The summed E-state index contributed by atoms with van der Waals surface area (Å²) in [6, 6.07) is 0. The minimum atomic E-state index is -0.449. The molecule has 3 unspecified atom stereocenters. The molecule has 4 aliphatic carbocycles. The number of carbonyl (C=O) groups is 2. The van der Waals surface area contributed by atoms with Gasteiger partial charge in [0.1, 0.15) is 5.60 Å². The second-order valence-corrected chi connectivity index (χ2v) is 9.41. The normalized spacial score (nSPS) is 33.9. The van der Waals surface area contributed by atoms with Gasteiger partial charge in [-0.25, -0.2) is 0 Å². The second kappa shape index (κ2) is 8.96. The van der Waals surface area contributed by atoms with Gasteiger partial charge in [0, 0.05) is 6.42 Å². The molecule has 156 valence electrons. The summed E-state index contributed by atoms with van der Waals surface area (Å²) in [4.78, 5) is 24.4. The quantitative estimate of drug-likeness (QED) is 0.430. The van der Waals surface area contributed by atoms with Crippen molar-refractivity contribution in [2.75, 3.05) is 6.61 Å². The van der Waals surface area contributed by atoms with Gasteiger partial charge >= 0.3 is 11.9 Å². The lowest BCUT2D eigenvalue weighted by atomic mass is 9.50. The highest BCUT2D eigenvalue weighted by Crippen LogP contribution is 2.59. The summed E-state index contributed by atoms with van der Waals surface area (Å²) in [6.07, 6.45) is 7.77. The van der Waals surface area contributed by atoms with E-state index in [1.54, 1.807) is 0 Å². The topological polar surface area (TPSA) is 52.6 Å². The van der Waals surface area contributed by atoms with Crippen LogP contribution in [0.5, 0.6) is 0 Å². The SMILES string of the molecule is CC.CCC(C)(C)C(=O)OCCCC(=O)OC12CC3CC(CC(C3)C1C)C2. The van der Waals surface area contributed by atoms with Crippen molar-refractivity contribution >= 4 is 11.9 Å². The van der Waals surface area contributed by atoms with E-state index in [1.165, 1.54) is 19.3 Å². The predicted octanol–water partition coefficient (Wildman–Crippen LogP) is 5.53. The molecule has 0 spiro atoms. The molecule has 0 saturated heterocycles. The van der Waals surface area contributed by atoms with Crippen LogP contribution in [0.2, 0.25) is 0 Å². The summed E-state index contributed by atoms with van der Waals surface area (Å²) < 4.78 is 11.4. The van der Waals surface area contributed by atoms with Gasteiger partial charge in [-0.05, 0) is 82.5 Å². The summed E-state index contributed by atoms with van der Waals surface area (Å²) in [7, 11) is 0. The Morgan fingerprint density at radius 2 is 1.67 bits per heavy atom. The molecule has 0 aromatic rings. The zero-order valence-electron chi connectivity index (χ0n) is 18.3. The molecule has 0 radical (unpaired) electrons. The number of hydrogen-bond donors (Lipinski definition) is 0. The van der Waals surface area contributed by atoms with Gasteiger partial charge < -0.3 is 9.47 Å². The highest BCUT2D eigenvalue weighted by molar-refractivity contribution is 5.75. The maximum atomic E-state index is 12.4. The fourth-order valence-electron chi connectivity index (χ4n) is 5.40. The van der Waals surface area contributed by atoms with Crippen LogP contribution in [0.25, 0.3) is 0 Å². The van der Waals surface area contributed by atoms with E-state index in [0.717, 1.165) is 37.0 Å². The number of ether oxygens (including phenoxy) is 2. The summed E-state index contributed by atoms with van der Waals surface area (Å²) in [5, 5.41) is 0. The molecule has 4 aliphatic rings. The number of rotatable bonds is 7. The summed E-state index contributed by atoms with van der Waals surface area (Å²) in [5.41, 5.74) is -0.651. The third-order valence-corrected chi connectivity index (χ3v) is 7.26. The van der Waals surface area contributed by atoms with Crippen molar-refractivity contribution in [1.29, 1.82) is 0 Å². The Kier molecular flexibility index (Phi) is 7.38. The molecule has 4 heteroatoms. The van der Waals surface area contributed by atoms with Gasteiger partial charge in [-0.3, -0.25) is 9.59 Å². The predicted molar refractivity (Wildman–Crippen MR) is 107 cm³/mol. The monoisotopic (exact) mass is 380 g/mol. The van der Waals surface area contributed by atoms with Crippen molar-refractivity contribution < 1.29 is 19.1 Å². The molecule has 0 amide bonds. The number of hydrogen-bond acceptors (Lipinski definition) is 4. The highest BCUT2D eigenvalue weighted by Gasteiger charge is 2.57. The molecule has 4 rings (SSSR count). The average Bonchev–Trinajstić information content (AvgIpc) is 2.64. The zero-order chi connectivity index (χ0) is 20.2. The van der Waals surface area contributed by atoms with Gasteiger partial charge in [0.05, 0.1) is 12.0 Å². The Morgan fingerprint density at radius 3 is 2.22 bits per heavy atom. The Morgan fingerprint density at radius 1 is 1.07 bits per heavy atom. The van der Waals surface area contributed by atoms with E-state index in [9.17, 15) is 9.59 Å². The van der Waals surface area contributed by atoms with Crippen LogP contribution in [-0.2, 0) is 19.1 Å². The van der Waals surface area contributed by atoms with E-state index < -0.39 is 5.41 Å². The molecular formula is C23H40O4. The molecule has 4 bridgehead atoms. The molecule has 3 atom stereocenters. The number of carbonyl (C=O) groups excluding carboxylic acids is 2. The molecule has 27 heavy (non-hydrogen) atoms. The maximum Gasteiger partial charge on any atom is 0.311 e. The molecule has 4 nitrogen and oxygen atoms in total. The van der Waals surface area contributed by atoms with Crippen LogP contribution in [0.3, 0.4) is 0 Å². The molecule has 0 aromatic heterocycles. The van der Waals surface area contributed by atoms with Crippen LogP contribution < -0.4 is 0 Å². The lowest BCUT2D eigenvalue weighted by Gasteiger charge is -2.59. The van der Waals surface area contributed by atoms with Gasteiger partial charge in [-0.1, -0.05) is 27.7 Å². The van der Waals surface area contributed by atoms with Crippen LogP contribution >= 0.6 is 0 Å². The largest absolute Gasteiger partial charge is 0.465 e. The molecule has 0 heterocycles. The summed E-state index contributed by atoms with van der Waals surface area (Å²) >= 11 is 0. The first-order valence-corrected chi connectivity index (χ1v) is 11.1.